The molecule has 4 aromatic rings. The summed E-state index contributed by atoms with van der Waals surface area (Å²) < 4.78 is 8.51. The van der Waals surface area contributed by atoms with E-state index >= 15 is 0 Å². The fourth-order valence-corrected chi connectivity index (χ4v) is 5.22. The monoisotopic (exact) mass is 420 g/mol. The Hall–Kier alpha value is -3.65. The lowest BCUT2D eigenvalue weighted by atomic mass is 10.0. The second-order valence-electron chi connectivity index (χ2n) is 8.84. The van der Waals surface area contributed by atoms with E-state index in [0.29, 0.717) is 11.9 Å². The molecule has 3 atom stereocenters. The van der Waals surface area contributed by atoms with Crippen LogP contribution in [-0.4, -0.2) is 20.6 Å². The summed E-state index contributed by atoms with van der Waals surface area (Å²) in [5, 5.41) is 10.3. The third kappa shape index (κ3) is 3.33. The second-order valence-corrected chi connectivity index (χ2v) is 8.84. The number of nitrogens with zero attached hydrogens (tertiary/aromatic N) is 4. The van der Waals surface area contributed by atoms with Crippen LogP contribution in [0.2, 0.25) is 0 Å². The number of hydrogen-bond acceptors (Lipinski definition) is 4. The van der Waals surface area contributed by atoms with Crippen molar-refractivity contribution in [2.24, 2.45) is 5.92 Å². The maximum Gasteiger partial charge on any atom is 0.214 e. The molecule has 0 amide bonds. The summed E-state index contributed by atoms with van der Waals surface area (Å²) in [4.78, 5) is 9.49. The van der Waals surface area contributed by atoms with Gasteiger partial charge in [0.2, 0.25) is 5.88 Å². The Labute approximate surface area is 187 Å². The number of ether oxygens (including phenoxy) is 1. The summed E-state index contributed by atoms with van der Waals surface area (Å²) in [5.41, 5.74) is 5.64. The van der Waals surface area contributed by atoms with Gasteiger partial charge in [0, 0.05) is 41.2 Å². The van der Waals surface area contributed by atoms with Crippen LogP contribution in [0.25, 0.3) is 22.3 Å². The highest BCUT2D eigenvalue weighted by Crippen LogP contribution is 2.37. The van der Waals surface area contributed by atoms with E-state index in [0.717, 1.165) is 49.0 Å². The lowest BCUT2D eigenvalue weighted by Gasteiger charge is -2.16. The van der Waals surface area contributed by atoms with Crippen LogP contribution in [-0.2, 0) is 6.42 Å². The van der Waals surface area contributed by atoms with Gasteiger partial charge in [-0.1, -0.05) is 30.3 Å². The van der Waals surface area contributed by atoms with Crippen molar-refractivity contribution in [3.05, 3.63) is 78.1 Å². The molecule has 1 unspecified atom stereocenters. The Morgan fingerprint density at radius 3 is 2.75 bits per heavy atom. The van der Waals surface area contributed by atoms with Crippen LogP contribution >= 0.6 is 0 Å². The first kappa shape index (κ1) is 19.1. The van der Waals surface area contributed by atoms with Crippen LogP contribution in [0.1, 0.15) is 43.0 Å². The Kier molecular flexibility index (Phi) is 4.65. The number of nitriles is 1. The summed E-state index contributed by atoms with van der Waals surface area (Å²) in [6.45, 7) is 0. The van der Waals surface area contributed by atoms with Crippen molar-refractivity contribution in [2.75, 3.05) is 0 Å². The molecule has 1 aliphatic carbocycles. The van der Waals surface area contributed by atoms with Crippen LogP contribution in [0, 0.1) is 17.2 Å². The van der Waals surface area contributed by atoms with Crippen LogP contribution in [0.4, 0.5) is 0 Å². The minimum atomic E-state index is 0.0679. The van der Waals surface area contributed by atoms with Crippen LogP contribution in [0.3, 0.4) is 0 Å². The molecular formula is C27H24N4O. The van der Waals surface area contributed by atoms with Crippen molar-refractivity contribution in [3.63, 3.8) is 0 Å². The summed E-state index contributed by atoms with van der Waals surface area (Å²) >= 11 is 0. The molecule has 2 aliphatic rings. The first-order valence-corrected chi connectivity index (χ1v) is 11.4. The standard InChI is InChI=1S/C27H24N4O/c28-17-18-6-9-23(14-18)32-26-16-20(12-13-29-26)24-10-7-21-15-22-8-11-25(31(22)27(21)30-24)19-4-2-1-3-5-19/h1-5,7,10,12-13,15-16,18,23,25H,6,8-9,11,14H2/t18-,23-,25?/m1/s1. The zero-order valence-electron chi connectivity index (χ0n) is 17.8. The fourth-order valence-electron chi connectivity index (χ4n) is 5.22. The molecule has 6 rings (SSSR count). The predicted molar refractivity (Wildman–Crippen MR) is 123 cm³/mol. The smallest absolute Gasteiger partial charge is 0.214 e. The van der Waals surface area contributed by atoms with E-state index in [1.165, 1.54) is 16.6 Å². The third-order valence-electron chi connectivity index (χ3n) is 6.82. The molecule has 0 N–H and O–H groups in total. The van der Waals surface area contributed by atoms with Gasteiger partial charge in [-0.25, -0.2) is 9.97 Å². The molecule has 5 nitrogen and oxygen atoms in total. The lowest BCUT2D eigenvalue weighted by Crippen LogP contribution is -2.12. The predicted octanol–water partition coefficient (Wildman–Crippen LogP) is 5.70. The largest absolute Gasteiger partial charge is 0.474 e. The average molecular weight is 421 g/mol. The molecule has 158 valence electrons. The Morgan fingerprint density at radius 1 is 1.00 bits per heavy atom. The topological polar surface area (TPSA) is 63.7 Å². The van der Waals surface area contributed by atoms with Gasteiger partial charge in [0.15, 0.2) is 0 Å². The number of benzene rings is 1. The quantitative estimate of drug-likeness (QED) is 0.424. The molecule has 3 aromatic heterocycles. The minimum absolute atomic E-state index is 0.0679. The number of aromatic nitrogens is 3. The van der Waals surface area contributed by atoms with Crippen LogP contribution in [0.5, 0.6) is 5.88 Å². The minimum Gasteiger partial charge on any atom is -0.474 e. The van der Waals surface area contributed by atoms with Gasteiger partial charge in [-0.2, -0.15) is 5.26 Å². The molecule has 0 saturated heterocycles. The molecule has 5 heteroatoms. The highest BCUT2D eigenvalue weighted by Gasteiger charge is 2.27. The number of aryl methyl sites for hydroxylation is 1. The highest BCUT2D eigenvalue weighted by atomic mass is 16.5. The van der Waals surface area contributed by atoms with Crippen molar-refractivity contribution in [1.82, 2.24) is 14.5 Å². The zero-order valence-corrected chi connectivity index (χ0v) is 17.8. The summed E-state index contributed by atoms with van der Waals surface area (Å²) in [6, 6.07) is 23.9. The van der Waals surface area contributed by atoms with Gasteiger partial charge in [-0.3, -0.25) is 0 Å². The fraction of sp³-hybridized carbons (Fsp3) is 0.296. The maximum absolute atomic E-state index is 9.14. The summed E-state index contributed by atoms with van der Waals surface area (Å²) in [6.07, 6.45) is 6.63. The van der Waals surface area contributed by atoms with Crippen molar-refractivity contribution >= 4 is 11.0 Å². The van der Waals surface area contributed by atoms with Crippen molar-refractivity contribution < 1.29 is 4.74 Å². The lowest BCUT2D eigenvalue weighted by molar-refractivity contribution is 0.199. The number of hydrogen-bond donors (Lipinski definition) is 0. The number of fused-ring (bicyclic) bond motifs is 3. The number of pyridine rings is 2. The molecule has 4 heterocycles. The molecule has 1 saturated carbocycles. The second kappa shape index (κ2) is 7.80. The Morgan fingerprint density at radius 2 is 1.91 bits per heavy atom. The van der Waals surface area contributed by atoms with E-state index in [2.05, 4.69) is 64.2 Å². The number of rotatable bonds is 4. The summed E-state index contributed by atoms with van der Waals surface area (Å²) in [7, 11) is 0. The molecule has 1 fully saturated rings. The van der Waals surface area contributed by atoms with E-state index in [1.807, 2.05) is 12.1 Å². The van der Waals surface area contributed by atoms with Gasteiger partial charge in [0.1, 0.15) is 11.8 Å². The van der Waals surface area contributed by atoms with Crippen LogP contribution in [0.15, 0.2) is 66.9 Å². The molecule has 0 bridgehead atoms. The highest BCUT2D eigenvalue weighted by molar-refractivity contribution is 5.81. The van der Waals surface area contributed by atoms with Gasteiger partial charge in [0.05, 0.1) is 17.8 Å². The summed E-state index contributed by atoms with van der Waals surface area (Å²) in [5.74, 6) is 0.705. The molecule has 0 radical (unpaired) electrons. The zero-order chi connectivity index (χ0) is 21.5. The Balaban J connectivity index is 1.33. The molecular weight excluding hydrogens is 396 g/mol. The Bertz CT molecular complexity index is 1320. The van der Waals surface area contributed by atoms with Gasteiger partial charge in [-0.05, 0) is 55.5 Å². The maximum atomic E-state index is 9.14. The first-order valence-electron chi connectivity index (χ1n) is 11.4. The molecule has 0 spiro atoms. The van der Waals surface area contributed by atoms with Crippen molar-refractivity contribution in [1.29, 1.82) is 5.26 Å². The van der Waals surface area contributed by atoms with E-state index < -0.39 is 0 Å². The van der Waals surface area contributed by atoms with E-state index in [4.69, 9.17) is 15.0 Å². The van der Waals surface area contributed by atoms with Crippen molar-refractivity contribution in [3.8, 4) is 23.2 Å². The van der Waals surface area contributed by atoms with Gasteiger partial charge >= 0.3 is 0 Å². The average Bonchev–Trinajstić information content (AvgIpc) is 3.55. The van der Waals surface area contributed by atoms with E-state index in [1.54, 1.807) is 6.20 Å². The SMILES string of the molecule is N#C[C@@H]1CC[C@@H](Oc2cc(-c3ccc4cc5n(c4n3)C(c3ccccc3)CC5)ccn2)C1. The van der Waals surface area contributed by atoms with E-state index in [9.17, 15) is 0 Å². The first-order chi connectivity index (χ1) is 15.8. The van der Waals surface area contributed by atoms with Crippen LogP contribution < -0.4 is 4.74 Å². The van der Waals surface area contributed by atoms with E-state index in [-0.39, 0.29) is 12.0 Å². The van der Waals surface area contributed by atoms with Gasteiger partial charge in [-0.15, -0.1) is 0 Å². The van der Waals surface area contributed by atoms with Gasteiger partial charge < -0.3 is 9.30 Å². The third-order valence-corrected chi connectivity index (χ3v) is 6.82. The normalized spacial score (nSPS) is 22.0. The molecule has 1 aliphatic heterocycles. The molecule has 1 aromatic carbocycles. The molecule has 32 heavy (non-hydrogen) atoms. The van der Waals surface area contributed by atoms with Gasteiger partial charge in [0.25, 0.3) is 0 Å². The van der Waals surface area contributed by atoms with Crippen molar-refractivity contribution in [2.45, 2.75) is 44.2 Å².